The van der Waals surface area contributed by atoms with Gasteiger partial charge in [0.15, 0.2) is 0 Å². The van der Waals surface area contributed by atoms with E-state index in [-0.39, 0.29) is 6.54 Å². The zero-order valence-electron chi connectivity index (χ0n) is 9.33. The van der Waals surface area contributed by atoms with E-state index in [1.807, 2.05) is 6.92 Å². The van der Waals surface area contributed by atoms with Gasteiger partial charge in [-0.2, -0.15) is 0 Å². The maximum absolute atomic E-state index is 10.1. The van der Waals surface area contributed by atoms with Crippen molar-refractivity contribution in [2.45, 2.75) is 13.5 Å². The van der Waals surface area contributed by atoms with Crippen LogP contribution in [0, 0.1) is 6.92 Å². The normalized spacial score (nSPS) is 9.50. The van der Waals surface area contributed by atoms with Gasteiger partial charge in [-0.3, -0.25) is 0 Å². The van der Waals surface area contributed by atoms with Crippen LogP contribution in [0.3, 0.4) is 0 Å². The van der Waals surface area contributed by atoms with Gasteiger partial charge in [-0.25, -0.2) is 9.79 Å². The maximum atomic E-state index is 10.1. The summed E-state index contributed by atoms with van der Waals surface area (Å²) in [6.45, 7) is 2.02. The average Bonchev–Trinajstić information content (AvgIpc) is 2.26. The molecule has 0 aliphatic carbocycles. The molecule has 0 amide bonds. The van der Waals surface area contributed by atoms with Crippen molar-refractivity contribution >= 4 is 17.7 Å². The molecule has 4 nitrogen and oxygen atoms in total. The van der Waals surface area contributed by atoms with Crippen molar-refractivity contribution in [2.24, 2.45) is 4.99 Å². The van der Waals surface area contributed by atoms with Crippen molar-refractivity contribution in [3.05, 3.63) is 22.2 Å². The molecule has 0 N–H and O–H groups in total. The molecule has 0 heterocycles. The highest BCUT2D eigenvalue weighted by Gasteiger charge is 2.15. The molecule has 5 heteroatoms. The minimum absolute atomic E-state index is 0.192. The van der Waals surface area contributed by atoms with Gasteiger partial charge in [-0.1, -0.05) is 11.6 Å². The minimum Gasteiger partial charge on any atom is -0.496 e. The molecule has 0 radical (unpaired) electrons. The summed E-state index contributed by atoms with van der Waals surface area (Å²) in [5.41, 5.74) is 1.52. The Balaban J connectivity index is 3.33. The van der Waals surface area contributed by atoms with Crippen LogP contribution in [0.2, 0.25) is 5.02 Å². The molecule has 0 spiro atoms. The molecule has 1 aromatic carbocycles. The van der Waals surface area contributed by atoms with Crippen LogP contribution in [0.25, 0.3) is 0 Å². The van der Waals surface area contributed by atoms with E-state index in [4.69, 9.17) is 21.1 Å². The number of nitrogens with zero attached hydrogens (tertiary/aromatic N) is 1. The van der Waals surface area contributed by atoms with E-state index < -0.39 is 0 Å². The van der Waals surface area contributed by atoms with Gasteiger partial charge in [0.25, 0.3) is 0 Å². The van der Waals surface area contributed by atoms with Crippen LogP contribution in [0.15, 0.2) is 11.1 Å². The van der Waals surface area contributed by atoms with Crippen LogP contribution >= 0.6 is 11.6 Å². The molecule has 0 bridgehead atoms. The molecule has 0 aliphatic heterocycles. The molecule has 1 aromatic rings. The van der Waals surface area contributed by atoms with Crippen LogP contribution in [-0.4, -0.2) is 20.3 Å². The Labute approximate surface area is 98.8 Å². The number of methoxy groups -OCH3 is 2. The fourth-order valence-electron chi connectivity index (χ4n) is 1.58. The molecule has 0 saturated heterocycles. The quantitative estimate of drug-likeness (QED) is 0.601. The molecule has 0 atom stereocenters. The van der Waals surface area contributed by atoms with Gasteiger partial charge in [-0.15, -0.1) is 0 Å². The molecule has 86 valence electrons. The Hall–Kier alpha value is -1.51. The predicted molar refractivity (Wildman–Crippen MR) is 61.1 cm³/mol. The zero-order chi connectivity index (χ0) is 12.1. The highest BCUT2D eigenvalue weighted by Crippen LogP contribution is 2.37. The number of halogens is 1. The average molecular weight is 242 g/mol. The predicted octanol–water partition coefficient (Wildman–Crippen LogP) is 2.50. The van der Waals surface area contributed by atoms with Gasteiger partial charge >= 0.3 is 0 Å². The second-order valence-electron chi connectivity index (χ2n) is 3.12. The van der Waals surface area contributed by atoms with Crippen LogP contribution in [0.1, 0.15) is 11.1 Å². The number of aliphatic imine (C=N–C) groups is 1. The molecular formula is C11H12ClNO3. The second kappa shape index (κ2) is 5.54. The molecule has 0 unspecified atom stereocenters. The van der Waals surface area contributed by atoms with E-state index >= 15 is 0 Å². The Morgan fingerprint density at radius 1 is 1.38 bits per heavy atom. The van der Waals surface area contributed by atoms with Crippen molar-refractivity contribution in [1.29, 1.82) is 0 Å². The molecule has 0 aliphatic rings. The topological polar surface area (TPSA) is 47.9 Å². The summed E-state index contributed by atoms with van der Waals surface area (Å²) < 4.78 is 10.4. The third-order valence-corrected chi connectivity index (χ3v) is 2.49. The molecule has 0 saturated carbocycles. The highest BCUT2D eigenvalue weighted by molar-refractivity contribution is 6.32. The molecule has 1 rings (SSSR count). The Morgan fingerprint density at radius 3 is 2.50 bits per heavy atom. The summed E-state index contributed by atoms with van der Waals surface area (Å²) in [6, 6.07) is 1.67. The molecular weight excluding hydrogens is 230 g/mol. The number of isocyanates is 1. The van der Waals surface area contributed by atoms with Gasteiger partial charge < -0.3 is 9.47 Å². The van der Waals surface area contributed by atoms with Gasteiger partial charge in [-0.05, 0) is 13.0 Å². The molecule has 0 aromatic heterocycles. The van der Waals surface area contributed by atoms with Gasteiger partial charge in [0.2, 0.25) is 6.08 Å². The number of hydrogen-bond acceptors (Lipinski definition) is 4. The van der Waals surface area contributed by atoms with E-state index in [1.54, 1.807) is 13.2 Å². The first-order chi connectivity index (χ1) is 7.65. The summed E-state index contributed by atoms with van der Waals surface area (Å²) in [4.78, 5) is 13.6. The van der Waals surface area contributed by atoms with E-state index in [0.717, 1.165) is 11.1 Å². The standard InChI is InChI=1S/C11H12ClNO3/c1-7-10(15-2)8(5-13-6-14)4-9(12)11(7)16-3/h4H,5H2,1-3H3. The van der Waals surface area contributed by atoms with Crippen molar-refractivity contribution in [3.63, 3.8) is 0 Å². The van der Waals surface area contributed by atoms with Gasteiger partial charge in [0, 0.05) is 11.1 Å². The Kier molecular flexibility index (Phi) is 4.35. The van der Waals surface area contributed by atoms with Crippen LogP contribution in [-0.2, 0) is 11.3 Å². The zero-order valence-corrected chi connectivity index (χ0v) is 10.1. The summed E-state index contributed by atoms with van der Waals surface area (Å²) in [5.74, 6) is 1.19. The van der Waals surface area contributed by atoms with Crippen LogP contribution in [0.4, 0.5) is 0 Å². The fraction of sp³-hybridized carbons (Fsp3) is 0.364. The first kappa shape index (κ1) is 12.6. The maximum Gasteiger partial charge on any atom is 0.235 e. The summed E-state index contributed by atoms with van der Waals surface area (Å²) >= 11 is 6.02. The summed E-state index contributed by atoms with van der Waals surface area (Å²) in [5, 5.41) is 0.469. The number of rotatable bonds is 4. The monoisotopic (exact) mass is 241 g/mol. The van der Waals surface area contributed by atoms with E-state index in [2.05, 4.69) is 4.99 Å². The second-order valence-corrected chi connectivity index (χ2v) is 3.52. The largest absolute Gasteiger partial charge is 0.496 e. The lowest BCUT2D eigenvalue weighted by atomic mass is 10.1. The number of carbonyl (C=O) groups excluding carboxylic acids is 1. The number of benzene rings is 1. The van der Waals surface area contributed by atoms with Crippen molar-refractivity contribution < 1.29 is 14.3 Å². The van der Waals surface area contributed by atoms with E-state index in [1.165, 1.54) is 13.2 Å². The molecule has 16 heavy (non-hydrogen) atoms. The van der Waals surface area contributed by atoms with Crippen LogP contribution in [0.5, 0.6) is 11.5 Å². The van der Waals surface area contributed by atoms with Crippen molar-refractivity contribution in [3.8, 4) is 11.5 Å². The first-order valence-corrected chi connectivity index (χ1v) is 4.97. The SMILES string of the molecule is COc1c(Cl)cc(CN=C=O)c(OC)c1C. The van der Waals surface area contributed by atoms with Crippen LogP contribution < -0.4 is 9.47 Å². The highest BCUT2D eigenvalue weighted by atomic mass is 35.5. The van der Waals surface area contributed by atoms with Crippen molar-refractivity contribution in [1.82, 2.24) is 0 Å². The smallest absolute Gasteiger partial charge is 0.235 e. The third-order valence-electron chi connectivity index (χ3n) is 2.21. The Bertz CT molecular complexity index is 439. The minimum atomic E-state index is 0.192. The summed E-state index contributed by atoms with van der Waals surface area (Å²) in [7, 11) is 3.08. The third kappa shape index (κ3) is 2.35. The lowest BCUT2D eigenvalue weighted by Crippen LogP contribution is -1.98. The van der Waals surface area contributed by atoms with Crippen molar-refractivity contribution in [2.75, 3.05) is 14.2 Å². The molecule has 0 fully saturated rings. The fourth-order valence-corrected chi connectivity index (χ4v) is 1.93. The summed E-state index contributed by atoms with van der Waals surface area (Å²) in [6.07, 6.45) is 1.48. The van der Waals surface area contributed by atoms with Gasteiger partial charge in [0.05, 0.1) is 25.8 Å². The Morgan fingerprint density at radius 2 is 2.00 bits per heavy atom. The van der Waals surface area contributed by atoms with E-state index in [0.29, 0.717) is 16.5 Å². The van der Waals surface area contributed by atoms with Gasteiger partial charge in [0.1, 0.15) is 11.5 Å². The lowest BCUT2D eigenvalue weighted by Gasteiger charge is -2.14. The first-order valence-electron chi connectivity index (χ1n) is 4.59. The lowest BCUT2D eigenvalue weighted by molar-refractivity contribution is 0.386. The number of ether oxygens (including phenoxy) is 2. The van der Waals surface area contributed by atoms with E-state index in [9.17, 15) is 4.79 Å². The number of hydrogen-bond donors (Lipinski definition) is 0.